The number of fused-ring (bicyclic) bond motifs is 1. The van der Waals surface area contributed by atoms with Gasteiger partial charge in [-0.3, -0.25) is 4.79 Å². The summed E-state index contributed by atoms with van der Waals surface area (Å²) in [5.41, 5.74) is 5.92. The van der Waals surface area contributed by atoms with Crippen molar-refractivity contribution in [3.8, 4) is 0 Å². The van der Waals surface area contributed by atoms with Crippen molar-refractivity contribution in [3.63, 3.8) is 0 Å². The molecule has 5 heteroatoms. The van der Waals surface area contributed by atoms with Crippen LogP contribution in [0.3, 0.4) is 0 Å². The maximum Gasteiger partial charge on any atom is 0.315 e. The predicted molar refractivity (Wildman–Crippen MR) is 104 cm³/mol. The smallest absolute Gasteiger partial charge is 0.315 e. The molecule has 0 aliphatic heterocycles. The number of amides is 3. The molecule has 0 heterocycles. The van der Waals surface area contributed by atoms with Crippen molar-refractivity contribution in [1.29, 1.82) is 0 Å². The Balaban J connectivity index is 1.56. The number of urea groups is 1. The molecule has 4 N–H and O–H groups in total. The maximum absolute atomic E-state index is 12.2. The number of carbonyl (C=O) groups excluding carboxylic acids is 2. The van der Waals surface area contributed by atoms with Crippen molar-refractivity contribution >= 4 is 22.7 Å². The van der Waals surface area contributed by atoms with Gasteiger partial charge < -0.3 is 16.4 Å². The third-order valence-corrected chi connectivity index (χ3v) is 5.34. The van der Waals surface area contributed by atoms with Crippen LogP contribution in [0.25, 0.3) is 10.8 Å². The number of nitrogens with one attached hydrogen (secondary N) is 2. The SMILES string of the molecule is CC(CNC(=O)NC1(C(N)=O)CCCC1)Cc1cccc2ccccc12. The largest absolute Gasteiger partial charge is 0.368 e. The monoisotopic (exact) mass is 353 g/mol. The lowest BCUT2D eigenvalue weighted by Crippen LogP contribution is -2.58. The second-order valence-electron chi connectivity index (χ2n) is 7.44. The molecule has 3 amide bonds. The topological polar surface area (TPSA) is 84.2 Å². The molecule has 1 unspecified atom stereocenters. The average Bonchev–Trinajstić information content (AvgIpc) is 3.10. The van der Waals surface area contributed by atoms with Gasteiger partial charge in [-0.25, -0.2) is 4.79 Å². The first-order valence-electron chi connectivity index (χ1n) is 9.33. The van der Waals surface area contributed by atoms with Crippen LogP contribution in [0.2, 0.25) is 0 Å². The summed E-state index contributed by atoms with van der Waals surface area (Å²) in [7, 11) is 0. The Morgan fingerprint density at radius 1 is 1.12 bits per heavy atom. The Hall–Kier alpha value is -2.56. The predicted octanol–water partition coefficient (Wildman–Crippen LogP) is 3.12. The van der Waals surface area contributed by atoms with Crippen molar-refractivity contribution in [2.75, 3.05) is 6.54 Å². The molecule has 1 atom stereocenters. The van der Waals surface area contributed by atoms with Gasteiger partial charge in [0.05, 0.1) is 0 Å². The normalized spacial score (nSPS) is 17.0. The van der Waals surface area contributed by atoms with Crippen LogP contribution in [0.15, 0.2) is 42.5 Å². The molecule has 2 aromatic carbocycles. The standard InChI is InChI=1S/C21H27N3O2/c1-15(13-17-9-6-8-16-7-2-3-10-18(16)17)14-23-20(26)24-21(19(22)25)11-4-5-12-21/h2-3,6-10,15H,4-5,11-14H2,1H3,(H2,22,25)(H2,23,24,26). The lowest BCUT2D eigenvalue weighted by Gasteiger charge is -2.27. The van der Waals surface area contributed by atoms with E-state index in [9.17, 15) is 9.59 Å². The summed E-state index contributed by atoms with van der Waals surface area (Å²) in [5, 5.41) is 8.20. The quantitative estimate of drug-likeness (QED) is 0.745. The van der Waals surface area contributed by atoms with Crippen molar-refractivity contribution in [2.45, 2.75) is 44.6 Å². The molecule has 0 bridgehead atoms. The Morgan fingerprint density at radius 3 is 2.54 bits per heavy atom. The number of hydrogen-bond acceptors (Lipinski definition) is 2. The van der Waals surface area contributed by atoms with Gasteiger partial charge in [0.2, 0.25) is 5.91 Å². The molecule has 5 nitrogen and oxygen atoms in total. The summed E-state index contributed by atoms with van der Waals surface area (Å²) < 4.78 is 0. The molecule has 0 aromatic heterocycles. The van der Waals surface area contributed by atoms with E-state index >= 15 is 0 Å². The minimum absolute atomic E-state index is 0.277. The number of carbonyl (C=O) groups is 2. The molecule has 138 valence electrons. The van der Waals surface area contributed by atoms with Gasteiger partial charge in [0.1, 0.15) is 5.54 Å². The first kappa shape index (κ1) is 18.2. The molecular weight excluding hydrogens is 326 g/mol. The van der Waals surface area contributed by atoms with E-state index in [0.717, 1.165) is 19.3 Å². The van der Waals surface area contributed by atoms with Gasteiger partial charge in [0.15, 0.2) is 0 Å². The van der Waals surface area contributed by atoms with Crippen molar-refractivity contribution < 1.29 is 9.59 Å². The van der Waals surface area contributed by atoms with Crippen LogP contribution in [0, 0.1) is 5.92 Å². The number of primary amides is 1. The Kier molecular flexibility index (Phi) is 5.45. The molecule has 0 radical (unpaired) electrons. The van der Waals surface area contributed by atoms with Gasteiger partial charge in [-0.2, -0.15) is 0 Å². The van der Waals surface area contributed by atoms with Gasteiger partial charge in [-0.15, -0.1) is 0 Å². The Morgan fingerprint density at radius 2 is 1.81 bits per heavy atom. The highest BCUT2D eigenvalue weighted by Crippen LogP contribution is 2.29. The molecule has 0 saturated heterocycles. The van der Waals surface area contributed by atoms with Crippen LogP contribution >= 0.6 is 0 Å². The van der Waals surface area contributed by atoms with E-state index in [4.69, 9.17) is 5.73 Å². The lowest BCUT2D eigenvalue weighted by atomic mass is 9.96. The molecule has 1 aliphatic rings. The highest BCUT2D eigenvalue weighted by molar-refractivity contribution is 5.90. The fourth-order valence-electron chi connectivity index (χ4n) is 3.86. The number of rotatable bonds is 6. The number of nitrogens with two attached hydrogens (primary N) is 1. The third kappa shape index (κ3) is 3.98. The molecular formula is C21H27N3O2. The minimum Gasteiger partial charge on any atom is -0.368 e. The van der Waals surface area contributed by atoms with E-state index < -0.39 is 11.4 Å². The van der Waals surface area contributed by atoms with Crippen LogP contribution < -0.4 is 16.4 Å². The van der Waals surface area contributed by atoms with E-state index in [2.05, 4.69) is 47.9 Å². The van der Waals surface area contributed by atoms with Crippen LogP contribution in [0.1, 0.15) is 38.2 Å². The van der Waals surface area contributed by atoms with E-state index in [1.165, 1.54) is 16.3 Å². The van der Waals surface area contributed by atoms with Crippen molar-refractivity contribution in [2.24, 2.45) is 11.7 Å². The summed E-state index contributed by atoms with van der Waals surface area (Å²) in [4.78, 5) is 24.0. The molecule has 1 fully saturated rings. The highest BCUT2D eigenvalue weighted by Gasteiger charge is 2.40. The second kappa shape index (κ2) is 7.77. The van der Waals surface area contributed by atoms with Crippen molar-refractivity contribution in [1.82, 2.24) is 10.6 Å². The molecule has 0 spiro atoms. The van der Waals surface area contributed by atoms with Gasteiger partial charge in [-0.1, -0.05) is 62.2 Å². The fourth-order valence-corrected chi connectivity index (χ4v) is 3.86. The van der Waals surface area contributed by atoms with Gasteiger partial charge in [-0.05, 0) is 41.5 Å². The van der Waals surface area contributed by atoms with E-state index in [1.807, 2.05) is 12.1 Å². The van der Waals surface area contributed by atoms with Crippen LogP contribution in [0.5, 0.6) is 0 Å². The molecule has 1 aliphatic carbocycles. The van der Waals surface area contributed by atoms with E-state index in [1.54, 1.807) is 0 Å². The fraction of sp³-hybridized carbons (Fsp3) is 0.429. The van der Waals surface area contributed by atoms with Gasteiger partial charge in [0.25, 0.3) is 0 Å². The van der Waals surface area contributed by atoms with Gasteiger partial charge >= 0.3 is 6.03 Å². The molecule has 2 aromatic rings. The number of benzene rings is 2. The molecule has 26 heavy (non-hydrogen) atoms. The summed E-state index contributed by atoms with van der Waals surface area (Å²) in [6.07, 6.45) is 3.96. The number of hydrogen-bond donors (Lipinski definition) is 3. The second-order valence-corrected chi connectivity index (χ2v) is 7.44. The van der Waals surface area contributed by atoms with Crippen LogP contribution in [-0.2, 0) is 11.2 Å². The Labute approximate surface area is 154 Å². The maximum atomic E-state index is 12.2. The van der Waals surface area contributed by atoms with Gasteiger partial charge in [0, 0.05) is 6.54 Å². The van der Waals surface area contributed by atoms with E-state index in [-0.39, 0.29) is 11.9 Å². The summed E-state index contributed by atoms with van der Waals surface area (Å²) in [5.74, 6) is -0.159. The zero-order chi connectivity index (χ0) is 18.6. The summed E-state index contributed by atoms with van der Waals surface area (Å²) in [6, 6.07) is 14.3. The highest BCUT2D eigenvalue weighted by atomic mass is 16.2. The third-order valence-electron chi connectivity index (χ3n) is 5.34. The zero-order valence-corrected chi connectivity index (χ0v) is 15.3. The van der Waals surface area contributed by atoms with Crippen molar-refractivity contribution in [3.05, 3.63) is 48.0 Å². The molecule has 3 rings (SSSR count). The van der Waals surface area contributed by atoms with E-state index in [0.29, 0.717) is 19.4 Å². The van der Waals surface area contributed by atoms with Crippen LogP contribution in [-0.4, -0.2) is 24.0 Å². The molecule has 1 saturated carbocycles. The first-order chi connectivity index (χ1) is 12.5. The Bertz CT molecular complexity index is 791. The minimum atomic E-state index is -0.872. The zero-order valence-electron chi connectivity index (χ0n) is 15.3. The average molecular weight is 353 g/mol. The first-order valence-corrected chi connectivity index (χ1v) is 9.33. The lowest BCUT2D eigenvalue weighted by molar-refractivity contribution is -0.123. The summed E-state index contributed by atoms with van der Waals surface area (Å²) in [6.45, 7) is 2.66. The summed E-state index contributed by atoms with van der Waals surface area (Å²) >= 11 is 0. The van der Waals surface area contributed by atoms with Crippen LogP contribution in [0.4, 0.5) is 4.79 Å².